The van der Waals surface area contributed by atoms with Gasteiger partial charge in [0.25, 0.3) is 15.6 Å². The summed E-state index contributed by atoms with van der Waals surface area (Å²) in [7, 11) is -16.9. The number of ether oxygens (including phenoxy) is 2. The number of amides is 1. The Morgan fingerprint density at radius 2 is 1.56 bits per heavy atom. The second-order valence-electron chi connectivity index (χ2n) is 10.4. The van der Waals surface area contributed by atoms with E-state index in [9.17, 15) is 53.4 Å². The summed E-state index contributed by atoms with van der Waals surface area (Å²) in [5, 5.41) is 31.5. The summed E-state index contributed by atoms with van der Waals surface area (Å²) in [5.41, 5.74) is 11.2. The Morgan fingerprint density at radius 3 is 2.16 bits per heavy atom. The maximum Gasteiger partial charge on any atom is 1.00 e. The first-order valence-corrected chi connectivity index (χ1v) is 17.9. The number of nitrogens with two attached hydrogens (primary N) is 2. The van der Waals surface area contributed by atoms with Crippen LogP contribution in [0.2, 0.25) is 0 Å². The molecule has 10 unspecified atom stereocenters. The summed E-state index contributed by atoms with van der Waals surface area (Å²) in [4.78, 5) is 67.9. The molecule has 2 aromatic heterocycles. The van der Waals surface area contributed by atoms with Gasteiger partial charge in [-0.1, -0.05) is 6.08 Å². The Bertz CT molecular complexity index is 1750. The molecule has 266 valence electrons. The van der Waals surface area contributed by atoms with Crippen LogP contribution in [0.1, 0.15) is 12.6 Å². The van der Waals surface area contributed by atoms with Crippen molar-refractivity contribution in [2.24, 2.45) is 5.73 Å². The normalized spacial score (nSPS) is 30.6. The number of anilines is 1. The number of imidazole rings is 1. The van der Waals surface area contributed by atoms with Crippen molar-refractivity contribution in [2.75, 3.05) is 18.9 Å². The van der Waals surface area contributed by atoms with E-state index in [2.05, 4.69) is 32.8 Å². The smallest absolute Gasteiger partial charge is 0.756 e. The molecule has 9 N–H and O–H groups in total. The summed E-state index contributed by atoms with van der Waals surface area (Å²) in [6, 6.07) is 0. The third-order valence-corrected chi connectivity index (χ3v) is 10.1. The first kappa shape index (κ1) is 43.7. The van der Waals surface area contributed by atoms with Crippen LogP contribution in [-0.2, 0) is 45.8 Å². The number of fused-ring (bicyclic) bond motifs is 1. The minimum absolute atomic E-state index is 0. The van der Waals surface area contributed by atoms with Gasteiger partial charge in [-0.3, -0.25) is 23.0 Å². The third-order valence-electron chi connectivity index (χ3n) is 7.09. The number of nitrogens with zero attached hydrogens (tertiary/aromatic N) is 5. The van der Waals surface area contributed by atoms with E-state index >= 15 is 0 Å². The molecule has 29 heteroatoms. The van der Waals surface area contributed by atoms with Crippen molar-refractivity contribution >= 4 is 46.4 Å². The van der Waals surface area contributed by atoms with E-state index in [-0.39, 0.29) is 88.1 Å². The molecule has 3 aliphatic rings. The number of primary amides is 1. The van der Waals surface area contributed by atoms with Gasteiger partial charge in [0.1, 0.15) is 48.5 Å². The van der Waals surface area contributed by atoms with Crippen LogP contribution in [0.3, 0.4) is 0 Å². The summed E-state index contributed by atoms with van der Waals surface area (Å²) in [6.07, 6.45) is -6.91. The molecule has 0 bridgehead atoms. The molecule has 0 saturated carbocycles. The number of nitrogen functional groups attached to an aromatic ring is 1. The zero-order valence-electron chi connectivity index (χ0n) is 26.0. The van der Waals surface area contributed by atoms with E-state index in [1.54, 1.807) is 0 Å². The molecule has 2 saturated heterocycles. The van der Waals surface area contributed by atoms with Crippen LogP contribution in [0.15, 0.2) is 36.7 Å². The van der Waals surface area contributed by atoms with Crippen LogP contribution in [0.4, 0.5) is 5.82 Å². The molecular weight excluding hydrogens is 761 g/mol. The maximum atomic E-state index is 12.4. The molecule has 50 heavy (non-hydrogen) atoms. The second kappa shape index (κ2) is 17.2. The van der Waals surface area contributed by atoms with Gasteiger partial charge < -0.3 is 69.8 Å². The van der Waals surface area contributed by atoms with Crippen molar-refractivity contribution in [2.45, 2.75) is 55.5 Å². The second-order valence-corrected chi connectivity index (χ2v) is 14.5. The molecule has 0 aromatic carbocycles. The van der Waals surface area contributed by atoms with Gasteiger partial charge >= 0.3 is 66.9 Å². The number of hydrogen-bond acceptors (Lipinski definition) is 20. The standard InChI is InChI=1S/C21H30N7O17P3.2Na/c22-17-12-19(25-7-24-17)28(8-26-12)21-16(44-46(33,34)35)14(30)11(43-21)6-41-48(38,39)45-47(36,37)40-5-10-13(29)15(31)20(42-10)27-3-1-2-9(4-27)18(23)32;;/h1,3-4,7-8,10-11,13-16,20-21,29-31H,2,5-6H2,(H2,23,32)(H,36,37)(H,38,39)(H2,22,24,25)(H2,33,34,35);;/q;2*+1/p-2. The van der Waals surface area contributed by atoms with Gasteiger partial charge in [-0.15, -0.1) is 0 Å². The van der Waals surface area contributed by atoms with Crippen LogP contribution in [0.25, 0.3) is 11.2 Å². The predicted molar refractivity (Wildman–Crippen MR) is 148 cm³/mol. The average Bonchev–Trinajstić information content (AvgIpc) is 3.64. The number of aromatic nitrogens is 4. The molecule has 5 heterocycles. The fourth-order valence-corrected chi connectivity index (χ4v) is 7.48. The van der Waals surface area contributed by atoms with Crippen molar-refractivity contribution in [1.29, 1.82) is 0 Å². The van der Waals surface area contributed by atoms with E-state index in [0.717, 1.165) is 17.2 Å². The first-order valence-electron chi connectivity index (χ1n) is 13.4. The molecule has 0 spiro atoms. The third kappa shape index (κ3) is 10.3. The van der Waals surface area contributed by atoms with Gasteiger partial charge in [-0.25, -0.2) is 23.8 Å². The van der Waals surface area contributed by atoms with Gasteiger partial charge in [-0.2, -0.15) is 0 Å². The van der Waals surface area contributed by atoms with E-state index in [4.69, 9.17) is 20.9 Å². The summed E-state index contributed by atoms with van der Waals surface area (Å²) >= 11 is 0. The Morgan fingerprint density at radius 1 is 0.960 bits per heavy atom. The quantitative estimate of drug-likeness (QED) is 0.0731. The van der Waals surface area contributed by atoms with Crippen LogP contribution in [-0.4, -0.2) is 111 Å². The molecule has 2 aromatic rings. The van der Waals surface area contributed by atoms with E-state index in [1.165, 1.54) is 23.4 Å². The van der Waals surface area contributed by atoms with Crippen molar-refractivity contribution in [1.82, 2.24) is 24.4 Å². The van der Waals surface area contributed by atoms with E-state index in [1.807, 2.05) is 0 Å². The fraction of sp³-hybridized carbons (Fsp3) is 0.524. The van der Waals surface area contributed by atoms with Gasteiger partial charge in [0.15, 0.2) is 23.9 Å². The van der Waals surface area contributed by atoms with Crippen molar-refractivity contribution < 1.29 is 140 Å². The molecule has 0 aliphatic carbocycles. The monoisotopic (exact) mass is 789 g/mol. The maximum absolute atomic E-state index is 12.4. The Hall–Kier alpha value is -0.730. The largest absolute Gasteiger partial charge is 1.00 e. The Kier molecular flexibility index (Phi) is 15.0. The summed E-state index contributed by atoms with van der Waals surface area (Å²) < 4.78 is 66.2. The van der Waals surface area contributed by atoms with E-state index in [0.29, 0.717) is 0 Å². The molecule has 5 rings (SSSR count). The topological polar surface area (TPSA) is 370 Å². The number of allylic oxidation sites excluding steroid dienone is 1. The average molecular weight is 789 g/mol. The predicted octanol–water partition coefficient (Wildman–Crippen LogP) is -9.83. The molecule has 10 atom stereocenters. The minimum Gasteiger partial charge on any atom is -0.756 e. The molecule has 2 fully saturated rings. The van der Waals surface area contributed by atoms with Crippen LogP contribution >= 0.6 is 23.5 Å². The van der Waals surface area contributed by atoms with Gasteiger partial charge in [0, 0.05) is 18.0 Å². The number of phosphoric acid groups is 3. The number of phosphoric ester groups is 3. The number of aliphatic hydroxyl groups is 3. The minimum atomic E-state index is -5.83. The van der Waals surface area contributed by atoms with E-state index < -0.39 is 91.7 Å². The number of carbonyl (C=O) groups is 1. The Balaban J connectivity index is 0.00000338. The van der Waals surface area contributed by atoms with Crippen molar-refractivity contribution in [3.63, 3.8) is 0 Å². The van der Waals surface area contributed by atoms with Gasteiger partial charge in [0.05, 0.1) is 19.5 Å². The number of carbonyl (C=O) groups excluding carboxylic acids is 1. The molecule has 1 amide bonds. The van der Waals surface area contributed by atoms with Crippen LogP contribution in [0, 0.1) is 0 Å². The summed E-state index contributed by atoms with van der Waals surface area (Å²) in [6.45, 7) is -2.20. The van der Waals surface area contributed by atoms with Crippen LogP contribution < -0.4 is 80.4 Å². The fourth-order valence-electron chi connectivity index (χ4n) is 4.92. The number of aliphatic hydroxyl groups excluding tert-OH is 3. The van der Waals surface area contributed by atoms with Gasteiger partial charge in [0.2, 0.25) is 5.91 Å². The number of hydrogen-bond donors (Lipinski definition) is 7. The SMILES string of the molecule is NC(=O)C1=CN(C2OC(COP(=O)([O-])OP(=O)([O-])OCC3OC(n4cnc5c(N)ncnc54)C(OP(=O)(O)O)C3O)C(O)C2O)C=CC1.[Na+].[Na+]. The summed E-state index contributed by atoms with van der Waals surface area (Å²) in [5.74, 6) is -0.819. The molecule has 0 radical (unpaired) electrons. The zero-order chi connectivity index (χ0) is 35.2. The van der Waals surface area contributed by atoms with Gasteiger partial charge in [-0.05, 0) is 6.42 Å². The first-order chi connectivity index (χ1) is 22.4. The molecule has 24 nitrogen and oxygen atoms in total. The van der Waals surface area contributed by atoms with Crippen molar-refractivity contribution in [3.05, 3.63) is 36.7 Å². The zero-order valence-corrected chi connectivity index (χ0v) is 32.7. The van der Waals surface area contributed by atoms with Crippen molar-refractivity contribution in [3.8, 4) is 0 Å². The number of rotatable bonds is 13. The van der Waals surface area contributed by atoms with Crippen LogP contribution in [0.5, 0.6) is 0 Å². The Labute approximate surface area is 325 Å². The molecular formula is C21H28N7Na2O17P3. The molecule has 3 aliphatic heterocycles.